The number of fused-ring (bicyclic) bond motifs is 1. The Balaban J connectivity index is 1.29. The lowest BCUT2D eigenvalue weighted by Gasteiger charge is -2.37. The van der Waals surface area contributed by atoms with Gasteiger partial charge in [0.05, 0.1) is 5.69 Å². The van der Waals surface area contributed by atoms with E-state index >= 15 is 0 Å². The van der Waals surface area contributed by atoms with E-state index in [-0.39, 0.29) is 0 Å². The van der Waals surface area contributed by atoms with Gasteiger partial charge in [0.25, 0.3) is 0 Å². The minimum atomic E-state index is 0.776. The number of hydrogen-bond acceptors (Lipinski definition) is 5. The molecular formula is C15H24N4S. The normalized spacial score (nSPS) is 27.9. The van der Waals surface area contributed by atoms with Crippen LogP contribution >= 0.6 is 11.3 Å². The molecule has 2 saturated heterocycles. The van der Waals surface area contributed by atoms with E-state index in [4.69, 9.17) is 4.98 Å². The maximum atomic E-state index is 4.79. The molecule has 1 aromatic heterocycles. The highest BCUT2D eigenvalue weighted by molar-refractivity contribution is 7.09. The van der Waals surface area contributed by atoms with E-state index in [1.165, 1.54) is 62.6 Å². The van der Waals surface area contributed by atoms with E-state index in [2.05, 4.69) is 20.5 Å². The molecule has 4 rings (SSSR count). The van der Waals surface area contributed by atoms with Crippen molar-refractivity contribution in [3.63, 3.8) is 0 Å². The molecule has 3 heterocycles. The largest absolute Gasteiger partial charge is 0.308 e. The second-order valence-corrected chi connectivity index (χ2v) is 7.40. The molecule has 0 radical (unpaired) electrons. The van der Waals surface area contributed by atoms with Crippen molar-refractivity contribution in [2.24, 2.45) is 0 Å². The zero-order valence-electron chi connectivity index (χ0n) is 12.1. The standard InChI is InChI=1S/C15H24N4S/c1-2-14-10-18(6-7-19(14)5-1)9-13-11-20-15(17-13)8-16-12-3-4-12/h11-12,14,16H,1-10H2. The van der Waals surface area contributed by atoms with Crippen LogP contribution in [0.15, 0.2) is 5.38 Å². The number of nitrogens with zero attached hydrogens (tertiary/aromatic N) is 3. The van der Waals surface area contributed by atoms with Crippen molar-refractivity contribution in [2.45, 2.75) is 50.9 Å². The Morgan fingerprint density at radius 2 is 2.20 bits per heavy atom. The molecule has 3 fully saturated rings. The predicted octanol–water partition coefficient (Wildman–Crippen LogP) is 1.68. The molecule has 1 aromatic rings. The summed E-state index contributed by atoms with van der Waals surface area (Å²) in [4.78, 5) is 10.1. The van der Waals surface area contributed by atoms with Crippen LogP contribution in [0.2, 0.25) is 0 Å². The van der Waals surface area contributed by atoms with Gasteiger partial charge in [-0.1, -0.05) is 0 Å². The minimum Gasteiger partial charge on any atom is -0.308 e. The molecule has 4 nitrogen and oxygen atoms in total. The maximum absolute atomic E-state index is 4.79. The molecule has 1 atom stereocenters. The van der Waals surface area contributed by atoms with E-state index in [0.29, 0.717) is 0 Å². The van der Waals surface area contributed by atoms with Gasteiger partial charge in [-0.05, 0) is 32.2 Å². The Morgan fingerprint density at radius 3 is 3.10 bits per heavy atom. The monoisotopic (exact) mass is 292 g/mol. The second kappa shape index (κ2) is 5.72. The maximum Gasteiger partial charge on any atom is 0.107 e. The molecule has 1 unspecified atom stereocenters. The van der Waals surface area contributed by atoms with Gasteiger partial charge in [-0.2, -0.15) is 0 Å². The number of thiazole rings is 1. The summed E-state index contributed by atoms with van der Waals surface area (Å²) in [6.07, 6.45) is 5.49. The molecule has 2 aliphatic heterocycles. The Hall–Kier alpha value is -0.490. The smallest absolute Gasteiger partial charge is 0.107 e. The van der Waals surface area contributed by atoms with Gasteiger partial charge >= 0.3 is 0 Å². The van der Waals surface area contributed by atoms with Crippen molar-refractivity contribution >= 4 is 11.3 Å². The number of piperazine rings is 1. The van der Waals surface area contributed by atoms with Crippen molar-refractivity contribution in [2.75, 3.05) is 26.2 Å². The Bertz CT molecular complexity index is 456. The third kappa shape index (κ3) is 3.06. The molecule has 0 bridgehead atoms. The summed E-state index contributed by atoms with van der Waals surface area (Å²) in [5.74, 6) is 0. The molecule has 0 aromatic carbocycles. The molecule has 20 heavy (non-hydrogen) atoms. The molecule has 1 saturated carbocycles. The molecule has 0 spiro atoms. The fraction of sp³-hybridized carbons (Fsp3) is 0.800. The van der Waals surface area contributed by atoms with Gasteiger partial charge in [0.2, 0.25) is 0 Å². The molecule has 0 amide bonds. The highest BCUT2D eigenvalue weighted by Gasteiger charge is 2.30. The lowest BCUT2D eigenvalue weighted by atomic mass is 10.1. The highest BCUT2D eigenvalue weighted by atomic mass is 32.1. The van der Waals surface area contributed by atoms with E-state index < -0.39 is 0 Å². The molecule has 110 valence electrons. The zero-order valence-corrected chi connectivity index (χ0v) is 12.9. The summed E-state index contributed by atoms with van der Waals surface area (Å²) in [7, 11) is 0. The van der Waals surface area contributed by atoms with Gasteiger partial charge in [-0.25, -0.2) is 4.98 Å². The van der Waals surface area contributed by atoms with Crippen molar-refractivity contribution < 1.29 is 0 Å². The van der Waals surface area contributed by atoms with Crippen molar-refractivity contribution in [3.05, 3.63) is 16.1 Å². The summed E-state index contributed by atoms with van der Waals surface area (Å²) in [5.41, 5.74) is 1.27. The van der Waals surface area contributed by atoms with Crippen LogP contribution in [0, 0.1) is 0 Å². The number of nitrogens with one attached hydrogen (secondary N) is 1. The van der Waals surface area contributed by atoms with E-state index in [1.54, 1.807) is 0 Å². The molecule has 5 heteroatoms. The zero-order chi connectivity index (χ0) is 13.4. The summed E-state index contributed by atoms with van der Waals surface area (Å²) >= 11 is 1.82. The van der Waals surface area contributed by atoms with Crippen LogP contribution in [0.5, 0.6) is 0 Å². The van der Waals surface area contributed by atoms with Crippen molar-refractivity contribution in [1.29, 1.82) is 0 Å². The summed E-state index contributed by atoms with van der Waals surface area (Å²) < 4.78 is 0. The molecule has 1 N–H and O–H groups in total. The Morgan fingerprint density at radius 1 is 1.25 bits per heavy atom. The Kier molecular flexibility index (Phi) is 3.77. The van der Waals surface area contributed by atoms with Gasteiger partial charge in [0.15, 0.2) is 0 Å². The quantitative estimate of drug-likeness (QED) is 0.895. The summed E-state index contributed by atoms with van der Waals surface area (Å²) in [5, 5.41) is 7.06. The average molecular weight is 292 g/mol. The van der Waals surface area contributed by atoms with Crippen LogP contribution in [0.3, 0.4) is 0 Å². The first kappa shape index (κ1) is 13.2. The average Bonchev–Trinajstić information content (AvgIpc) is 2.99. The third-order valence-corrected chi connectivity index (χ3v) is 5.67. The SMILES string of the molecule is c1sc(CNC2CC2)nc1CN1CCN2CCCC2C1. The summed E-state index contributed by atoms with van der Waals surface area (Å²) in [6.45, 7) is 7.05. The van der Waals surface area contributed by atoms with E-state index in [0.717, 1.165) is 25.2 Å². The molecular weight excluding hydrogens is 268 g/mol. The fourth-order valence-electron chi connectivity index (χ4n) is 3.45. The molecule has 3 aliphatic rings. The van der Waals surface area contributed by atoms with Gasteiger partial charge < -0.3 is 5.32 Å². The van der Waals surface area contributed by atoms with Gasteiger partial charge in [0, 0.05) is 50.2 Å². The van der Waals surface area contributed by atoms with Gasteiger partial charge in [0.1, 0.15) is 5.01 Å². The van der Waals surface area contributed by atoms with Crippen LogP contribution < -0.4 is 5.32 Å². The van der Waals surface area contributed by atoms with Crippen LogP contribution in [0.1, 0.15) is 36.4 Å². The van der Waals surface area contributed by atoms with Crippen LogP contribution in [0.4, 0.5) is 0 Å². The third-order valence-electron chi connectivity index (χ3n) is 4.78. The lowest BCUT2D eigenvalue weighted by molar-refractivity contribution is 0.0985. The van der Waals surface area contributed by atoms with Gasteiger partial charge in [-0.3, -0.25) is 9.80 Å². The number of hydrogen-bond donors (Lipinski definition) is 1. The van der Waals surface area contributed by atoms with Gasteiger partial charge in [-0.15, -0.1) is 11.3 Å². The van der Waals surface area contributed by atoms with E-state index in [9.17, 15) is 0 Å². The van der Waals surface area contributed by atoms with Crippen LogP contribution in [0.25, 0.3) is 0 Å². The first-order chi connectivity index (χ1) is 9.87. The Labute approximate surface area is 125 Å². The van der Waals surface area contributed by atoms with Crippen molar-refractivity contribution in [3.8, 4) is 0 Å². The molecule has 1 aliphatic carbocycles. The first-order valence-electron chi connectivity index (χ1n) is 8.00. The van der Waals surface area contributed by atoms with Crippen LogP contribution in [-0.2, 0) is 13.1 Å². The first-order valence-corrected chi connectivity index (χ1v) is 8.88. The lowest BCUT2D eigenvalue weighted by Crippen LogP contribution is -2.49. The van der Waals surface area contributed by atoms with E-state index in [1.807, 2.05) is 11.3 Å². The number of aromatic nitrogens is 1. The highest BCUT2D eigenvalue weighted by Crippen LogP contribution is 2.23. The van der Waals surface area contributed by atoms with Crippen molar-refractivity contribution in [1.82, 2.24) is 20.1 Å². The number of rotatable bonds is 5. The predicted molar refractivity (Wildman–Crippen MR) is 81.8 cm³/mol. The minimum absolute atomic E-state index is 0.776. The topological polar surface area (TPSA) is 31.4 Å². The second-order valence-electron chi connectivity index (χ2n) is 6.45. The summed E-state index contributed by atoms with van der Waals surface area (Å²) in [6, 6.07) is 1.59. The fourth-order valence-corrected chi connectivity index (χ4v) is 4.19. The van der Waals surface area contributed by atoms with Crippen LogP contribution in [-0.4, -0.2) is 53.0 Å².